The van der Waals surface area contributed by atoms with Crippen molar-refractivity contribution in [2.24, 2.45) is 22.1 Å². The van der Waals surface area contributed by atoms with Crippen LogP contribution in [-0.2, 0) is 40.8 Å². The second-order valence-corrected chi connectivity index (χ2v) is 18.0. The Morgan fingerprint density at radius 2 is 1.90 bits per heavy atom. The van der Waals surface area contributed by atoms with Crippen molar-refractivity contribution in [2.45, 2.75) is 89.1 Å². The average Bonchev–Trinajstić information content (AvgIpc) is 3.28. The number of rotatable bonds is 5. The average molecular weight is 756 g/mol. The van der Waals surface area contributed by atoms with Crippen molar-refractivity contribution in [3.63, 3.8) is 0 Å². The van der Waals surface area contributed by atoms with Crippen molar-refractivity contribution in [3.05, 3.63) is 70.3 Å². The molecule has 3 heterocycles. The van der Waals surface area contributed by atoms with E-state index in [9.17, 15) is 13.8 Å². The number of anilines is 1. The minimum Gasteiger partial charge on any atom is -0.490 e. The van der Waals surface area contributed by atoms with Crippen molar-refractivity contribution >= 4 is 39.0 Å². The summed E-state index contributed by atoms with van der Waals surface area (Å²) in [4.78, 5) is 29.7. The topological polar surface area (TPSA) is 116 Å². The van der Waals surface area contributed by atoms with Gasteiger partial charge in [0.15, 0.2) is 0 Å². The first-order chi connectivity index (χ1) is 24.9. The number of nitrogens with one attached hydrogen (secondary N) is 1. The van der Waals surface area contributed by atoms with Gasteiger partial charge in [-0.15, -0.1) is 4.36 Å². The molecule has 2 bridgehead atoms. The number of hydrogen-bond acceptors (Lipinski definition) is 8. The fraction of sp³-hybridized carbons (Fsp3) is 0.600. The number of aryl methyl sites for hydroxylation is 1. The Balaban J connectivity index is 1.39. The monoisotopic (exact) mass is 755 g/mol. The maximum absolute atomic E-state index is 14.8. The van der Waals surface area contributed by atoms with E-state index < -0.39 is 27.0 Å². The molecule has 4 aliphatic rings. The summed E-state index contributed by atoms with van der Waals surface area (Å²) in [6, 6.07) is 11.5. The molecule has 1 fully saturated rings. The summed E-state index contributed by atoms with van der Waals surface area (Å²) in [5.74, 6) is -0.369. The van der Waals surface area contributed by atoms with Crippen LogP contribution in [-0.4, -0.2) is 80.1 Å². The molecule has 1 N–H and O–H groups in total. The first-order valence-corrected chi connectivity index (χ1v) is 20.7. The highest BCUT2D eigenvalue weighted by atomic mass is 35.5. The molecule has 1 aliphatic carbocycles. The van der Waals surface area contributed by atoms with E-state index in [1.807, 2.05) is 25.1 Å². The molecule has 1 saturated heterocycles. The van der Waals surface area contributed by atoms with Gasteiger partial charge in [-0.3, -0.25) is 14.3 Å². The van der Waals surface area contributed by atoms with Gasteiger partial charge in [-0.25, -0.2) is 4.21 Å². The Morgan fingerprint density at radius 3 is 2.67 bits per heavy atom. The quantitative estimate of drug-likeness (QED) is 0.327. The van der Waals surface area contributed by atoms with E-state index in [4.69, 9.17) is 30.5 Å². The summed E-state index contributed by atoms with van der Waals surface area (Å²) >= 11 is 6.46. The second-order valence-electron chi connectivity index (χ2n) is 15.3. The van der Waals surface area contributed by atoms with E-state index in [2.05, 4.69) is 52.1 Å². The Morgan fingerprint density at radius 1 is 1.12 bits per heavy atom. The molecule has 3 aliphatic heterocycles. The minimum absolute atomic E-state index is 0.114. The normalized spacial score (nSPS) is 32.2. The number of methoxy groups -OCH3 is 1. The van der Waals surface area contributed by atoms with Crippen molar-refractivity contribution < 1.29 is 32.7 Å². The molecular formula is C40H54ClN3O7S. The number of ether oxygens (including phenoxy) is 4. The highest BCUT2D eigenvalue weighted by molar-refractivity contribution is 7.93. The van der Waals surface area contributed by atoms with E-state index >= 15 is 0 Å². The van der Waals surface area contributed by atoms with Gasteiger partial charge < -0.3 is 23.8 Å². The maximum atomic E-state index is 14.8. The first kappa shape index (κ1) is 38.8. The molecule has 2 amide bonds. The van der Waals surface area contributed by atoms with Crippen LogP contribution in [0.4, 0.5) is 5.69 Å². The van der Waals surface area contributed by atoms with Gasteiger partial charge >= 0.3 is 0 Å². The predicted molar refractivity (Wildman–Crippen MR) is 205 cm³/mol. The van der Waals surface area contributed by atoms with Crippen LogP contribution < -0.4 is 14.4 Å². The third-order valence-corrected chi connectivity index (χ3v) is 14.4. The molecular weight excluding hydrogens is 702 g/mol. The van der Waals surface area contributed by atoms with Crippen molar-refractivity contribution in [1.29, 1.82) is 0 Å². The molecule has 6 rings (SSSR count). The third-order valence-electron chi connectivity index (χ3n) is 11.7. The van der Waals surface area contributed by atoms with Crippen LogP contribution in [0.15, 0.2) is 52.9 Å². The predicted octanol–water partition coefficient (Wildman–Crippen LogP) is 6.92. The van der Waals surface area contributed by atoms with Gasteiger partial charge in [-0.2, -0.15) is 0 Å². The molecule has 52 heavy (non-hydrogen) atoms. The summed E-state index contributed by atoms with van der Waals surface area (Å²) in [6.07, 6.45) is 8.75. The number of fused-ring (bicyclic) bond motifs is 3. The Bertz CT molecular complexity index is 1770. The van der Waals surface area contributed by atoms with Crippen molar-refractivity contribution in [3.8, 4) is 5.75 Å². The molecule has 0 saturated carbocycles. The molecule has 1 spiro atoms. The zero-order chi connectivity index (χ0) is 37.0. The molecule has 0 radical (unpaired) electrons. The molecule has 12 heteroatoms. The number of amides is 2. The standard InChI is InChI=1S/C40H54ClN3O7S/c1-26-8-6-10-36(48-5)28(3)27(2)22-44-24-40(17-7-9-30-20-32(41)12-13-34(30)40)25-51-37-14-11-31(21-35(37)44)39(46)43-52(47,29(26)4)42-38(45)23-50-33-15-18-49-19-16-33/h6,10-14,20-21,26-29,33,36H,7-9,15-19,22-25H2,1-5H3,(H,42,43,45,46,47)/b10-6+/t26-,27-,28+,29+,36-,40-,52?/m0/s1. The van der Waals surface area contributed by atoms with Crippen LogP contribution in [0.25, 0.3) is 0 Å². The van der Waals surface area contributed by atoms with Crippen LogP contribution in [0.5, 0.6) is 5.75 Å². The summed E-state index contributed by atoms with van der Waals surface area (Å²) in [5, 5.41) is 0.0775. The lowest BCUT2D eigenvalue weighted by Crippen LogP contribution is -2.47. The Kier molecular flexibility index (Phi) is 12.4. The lowest BCUT2D eigenvalue weighted by molar-refractivity contribution is -0.128. The van der Waals surface area contributed by atoms with Crippen molar-refractivity contribution in [2.75, 3.05) is 51.5 Å². The van der Waals surface area contributed by atoms with E-state index in [1.165, 1.54) is 11.1 Å². The van der Waals surface area contributed by atoms with Crippen LogP contribution in [0, 0.1) is 17.8 Å². The van der Waals surface area contributed by atoms with Crippen LogP contribution in [0.3, 0.4) is 0 Å². The minimum atomic E-state index is -3.58. The SMILES string of the molecule is CO[C@H]1/C=C/C[C@H](C)[C@@H](C)S(=O)(NC(=O)COC2CCOCC2)=NC(=O)c2ccc3c(c2)N(C[C@H](C)[C@H]1C)C[C@@]1(CCCc2cc(Cl)ccc21)CO3. The number of carbonyl (C=O) groups excluding carboxylic acids is 2. The second kappa shape index (κ2) is 16.6. The summed E-state index contributed by atoms with van der Waals surface area (Å²) in [5.41, 5.74) is 3.29. The van der Waals surface area contributed by atoms with Gasteiger partial charge in [0, 0.05) is 49.4 Å². The van der Waals surface area contributed by atoms with Gasteiger partial charge in [-0.1, -0.05) is 50.6 Å². The van der Waals surface area contributed by atoms with Gasteiger partial charge in [0.05, 0.1) is 29.8 Å². The molecule has 7 atom stereocenters. The molecule has 2 aromatic carbocycles. The number of carbonyl (C=O) groups is 2. The Labute approximate surface area is 314 Å². The van der Waals surface area contributed by atoms with Crippen molar-refractivity contribution in [1.82, 2.24) is 4.72 Å². The van der Waals surface area contributed by atoms with Crippen LogP contribution in [0.1, 0.15) is 81.3 Å². The summed E-state index contributed by atoms with van der Waals surface area (Å²) < 4.78 is 45.6. The lowest BCUT2D eigenvalue weighted by Gasteiger charge is -2.42. The van der Waals surface area contributed by atoms with Gasteiger partial charge in [0.1, 0.15) is 22.3 Å². The van der Waals surface area contributed by atoms with Crippen LogP contribution in [0.2, 0.25) is 5.02 Å². The number of benzene rings is 2. The Hall–Kier alpha value is -2.96. The molecule has 2 aromatic rings. The zero-order valence-corrected chi connectivity index (χ0v) is 32.7. The molecule has 10 nitrogen and oxygen atoms in total. The smallest absolute Gasteiger partial charge is 0.286 e. The molecule has 0 aromatic heterocycles. The first-order valence-electron chi connectivity index (χ1n) is 18.7. The fourth-order valence-electron chi connectivity index (χ4n) is 8.09. The van der Waals surface area contributed by atoms with E-state index in [0.717, 1.165) is 30.0 Å². The lowest BCUT2D eigenvalue weighted by atomic mass is 9.70. The van der Waals surface area contributed by atoms with Gasteiger partial charge in [0.25, 0.3) is 11.8 Å². The number of halogens is 1. The zero-order valence-electron chi connectivity index (χ0n) is 31.1. The molecule has 284 valence electrons. The third kappa shape index (κ3) is 8.54. The largest absolute Gasteiger partial charge is 0.490 e. The number of hydrogen-bond donors (Lipinski definition) is 1. The van der Waals surface area contributed by atoms with E-state index in [1.54, 1.807) is 20.1 Å². The van der Waals surface area contributed by atoms with E-state index in [0.29, 0.717) is 57.9 Å². The summed E-state index contributed by atoms with van der Waals surface area (Å²) in [6.45, 7) is 10.9. The maximum Gasteiger partial charge on any atom is 0.286 e. The van der Waals surface area contributed by atoms with Gasteiger partial charge in [-0.05, 0) is 105 Å². The number of allylic oxidation sites excluding steroid dienone is 1. The fourth-order valence-corrected chi connectivity index (χ4v) is 10.2. The van der Waals surface area contributed by atoms with Crippen LogP contribution >= 0.6 is 11.6 Å². The highest BCUT2D eigenvalue weighted by Gasteiger charge is 2.42. The molecule has 1 unspecified atom stereocenters. The highest BCUT2D eigenvalue weighted by Crippen LogP contribution is 2.45. The van der Waals surface area contributed by atoms with E-state index in [-0.39, 0.29) is 47.5 Å². The summed E-state index contributed by atoms with van der Waals surface area (Å²) in [7, 11) is -1.85. The van der Waals surface area contributed by atoms with Gasteiger partial charge in [0.2, 0.25) is 0 Å². The number of nitrogens with zero attached hydrogens (tertiary/aromatic N) is 2.